The van der Waals surface area contributed by atoms with Crippen LogP contribution in [0.25, 0.3) is 32.5 Å². The van der Waals surface area contributed by atoms with Crippen molar-refractivity contribution in [3.63, 3.8) is 0 Å². The van der Waals surface area contributed by atoms with Crippen molar-refractivity contribution in [2.24, 2.45) is 0 Å². The number of anilines is 2. The second kappa shape index (κ2) is 9.20. The Morgan fingerprint density at radius 2 is 1.65 bits per heavy atom. The second-order valence-corrected chi connectivity index (χ2v) is 10.9. The van der Waals surface area contributed by atoms with Gasteiger partial charge in [0.05, 0.1) is 11.4 Å². The predicted molar refractivity (Wildman–Crippen MR) is 150 cm³/mol. The Labute approximate surface area is 220 Å². The summed E-state index contributed by atoms with van der Waals surface area (Å²) in [5, 5.41) is 16.0. The van der Waals surface area contributed by atoms with E-state index < -0.39 is 5.97 Å². The standard InChI is InChI=1S/C31H28N2O3S/c1-3-33(27-18-24-6-4-5-7-26(24)37-27)29-20(2)32-36-30(29)23-10-8-21(9-11-23)22-12-14-25(15-13-22)31(16-17-31)19-28(34)35/h4-15,18H,3,16-17,19H2,1-2H3,(H,34,35). The molecule has 5 nitrogen and oxygen atoms in total. The van der Waals surface area contributed by atoms with E-state index in [0.717, 1.165) is 58.8 Å². The largest absolute Gasteiger partial charge is 0.481 e. The second-order valence-electron chi connectivity index (χ2n) is 9.82. The van der Waals surface area contributed by atoms with Crippen LogP contribution in [0.15, 0.2) is 83.4 Å². The molecular weight excluding hydrogens is 480 g/mol. The molecular formula is C31H28N2O3S. The number of nitrogens with zero attached hydrogens (tertiary/aromatic N) is 2. The van der Waals surface area contributed by atoms with E-state index in [4.69, 9.17) is 4.52 Å². The van der Waals surface area contributed by atoms with Gasteiger partial charge in [0, 0.05) is 22.2 Å². The number of carboxylic acid groups (broad SMARTS) is 1. The van der Waals surface area contributed by atoms with Crippen molar-refractivity contribution in [1.29, 1.82) is 0 Å². The number of thiophene rings is 1. The molecule has 1 N–H and O–H groups in total. The van der Waals surface area contributed by atoms with E-state index in [0.29, 0.717) is 0 Å². The highest BCUT2D eigenvalue weighted by molar-refractivity contribution is 7.22. The van der Waals surface area contributed by atoms with Gasteiger partial charge in [-0.05, 0) is 60.9 Å². The van der Waals surface area contributed by atoms with Gasteiger partial charge >= 0.3 is 5.97 Å². The van der Waals surface area contributed by atoms with Crippen molar-refractivity contribution in [3.05, 3.63) is 90.1 Å². The summed E-state index contributed by atoms with van der Waals surface area (Å²) in [6.07, 6.45) is 2.10. The van der Waals surface area contributed by atoms with Gasteiger partial charge in [-0.25, -0.2) is 0 Å². The average Bonchev–Trinajstić information content (AvgIpc) is 3.39. The summed E-state index contributed by atoms with van der Waals surface area (Å²) in [6.45, 7) is 4.94. The molecule has 0 spiro atoms. The number of aromatic nitrogens is 1. The van der Waals surface area contributed by atoms with Crippen LogP contribution in [0.1, 0.15) is 37.4 Å². The van der Waals surface area contributed by atoms with Gasteiger partial charge < -0.3 is 14.5 Å². The maximum Gasteiger partial charge on any atom is 0.304 e. The van der Waals surface area contributed by atoms with E-state index >= 15 is 0 Å². The van der Waals surface area contributed by atoms with Crippen molar-refractivity contribution in [2.45, 2.75) is 38.5 Å². The minimum absolute atomic E-state index is 0.172. The number of hydrogen-bond donors (Lipinski definition) is 1. The number of benzene rings is 3. The van der Waals surface area contributed by atoms with Gasteiger partial charge in [-0.1, -0.05) is 71.9 Å². The highest BCUT2D eigenvalue weighted by atomic mass is 32.1. The molecule has 1 aliphatic carbocycles. The van der Waals surface area contributed by atoms with Crippen LogP contribution in [-0.2, 0) is 10.2 Å². The molecule has 186 valence electrons. The van der Waals surface area contributed by atoms with Crippen LogP contribution in [0, 0.1) is 6.92 Å². The summed E-state index contributed by atoms with van der Waals surface area (Å²) < 4.78 is 7.12. The summed E-state index contributed by atoms with van der Waals surface area (Å²) in [5.41, 5.74) is 6.01. The highest BCUT2D eigenvalue weighted by Crippen LogP contribution is 2.51. The molecule has 5 aromatic rings. The number of carboxylic acids is 1. The third-order valence-corrected chi connectivity index (χ3v) is 8.56. The zero-order valence-electron chi connectivity index (χ0n) is 20.9. The summed E-state index contributed by atoms with van der Waals surface area (Å²) in [6, 6.07) is 27.4. The molecule has 2 aromatic heterocycles. The summed E-state index contributed by atoms with van der Waals surface area (Å²) >= 11 is 1.77. The smallest absolute Gasteiger partial charge is 0.304 e. The maximum absolute atomic E-state index is 11.3. The van der Waals surface area contributed by atoms with Crippen LogP contribution in [0.2, 0.25) is 0 Å². The number of aliphatic carboxylic acids is 1. The van der Waals surface area contributed by atoms with Crippen LogP contribution in [0.5, 0.6) is 0 Å². The molecule has 0 bridgehead atoms. The van der Waals surface area contributed by atoms with Gasteiger partial charge in [0.15, 0.2) is 5.76 Å². The van der Waals surface area contributed by atoms with Gasteiger partial charge in [0.1, 0.15) is 11.4 Å². The fraction of sp³-hybridized carbons (Fsp3) is 0.226. The molecule has 6 heteroatoms. The Hall–Kier alpha value is -3.90. The summed E-state index contributed by atoms with van der Waals surface area (Å²) in [7, 11) is 0. The van der Waals surface area contributed by atoms with Gasteiger partial charge in [-0.3, -0.25) is 4.79 Å². The van der Waals surface area contributed by atoms with Crippen molar-refractivity contribution in [3.8, 4) is 22.5 Å². The molecule has 0 atom stereocenters. The lowest BCUT2D eigenvalue weighted by Crippen LogP contribution is -2.15. The van der Waals surface area contributed by atoms with Crippen molar-refractivity contribution in [2.75, 3.05) is 11.4 Å². The molecule has 1 fully saturated rings. The number of fused-ring (bicyclic) bond motifs is 1. The first-order chi connectivity index (χ1) is 18.0. The minimum atomic E-state index is -0.729. The normalized spacial score (nSPS) is 14.1. The fourth-order valence-corrected chi connectivity index (χ4v) is 6.37. The van der Waals surface area contributed by atoms with Crippen LogP contribution < -0.4 is 4.90 Å². The molecule has 0 unspecified atom stereocenters. The van der Waals surface area contributed by atoms with Gasteiger partial charge in [0.2, 0.25) is 0 Å². The first kappa shape index (κ1) is 23.5. The topological polar surface area (TPSA) is 66.6 Å². The SMILES string of the molecule is CCN(c1cc2ccccc2s1)c1c(C)noc1-c1ccc(-c2ccc(C3(CC(=O)O)CC3)cc2)cc1. The molecule has 1 saturated carbocycles. The Morgan fingerprint density at radius 3 is 2.27 bits per heavy atom. The molecule has 1 aliphatic rings. The lowest BCUT2D eigenvalue weighted by Gasteiger charge is -2.21. The lowest BCUT2D eigenvalue weighted by atomic mass is 9.91. The molecule has 2 heterocycles. The average molecular weight is 509 g/mol. The van der Waals surface area contributed by atoms with E-state index in [1.54, 1.807) is 11.3 Å². The molecule has 0 saturated heterocycles. The minimum Gasteiger partial charge on any atom is -0.481 e. The van der Waals surface area contributed by atoms with Crippen LogP contribution in [0.3, 0.4) is 0 Å². The van der Waals surface area contributed by atoms with E-state index in [9.17, 15) is 9.90 Å². The summed E-state index contributed by atoms with van der Waals surface area (Å²) in [4.78, 5) is 13.5. The molecule has 37 heavy (non-hydrogen) atoms. The summed E-state index contributed by atoms with van der Waals surface area (Å²) in [5.74, 6) is 0.0382. The van der Waals surface area contributed by atoms with Crippen LogP contribution in [-0.4, -0.2) is 22.8 Å². The first-order valence-electron chi connectivity index (χ1n) is 12.6. The van der Waals surface area contributed by atoms with Gasteiger partial charge in [-0.15, -0.1) is 11.3 Å². The molecule has 0 amide bonds. The zero-order chi connectivity index (χ0) is 25.6. The van der Waals surface area contributed by atoms with E-state index in [-0.39, 0.29) is 11.8 Å². The van der Waals surface area contributed by atoms with E-state index in [1.807, 2.05) is 6.92 Å². The van der Waals surface area contributed by atoms with Crippen LogP contribution >= 0.6 is 11.3 Å². The maximum atomic E-state index is 11.3. The quantitative estimate of drug-likeness (QED) is 0.229. The lowest BCUT2D eigenvalue weighted by molar-refractivity contribution is -0.137. The first-order valence-corrected chi connectivity index (χ1v) is 13.4. The Balaban J connectivity index is 1.28. The van der Waals surface area contributed by atoms with Crippen molar-refractivity contribution >= 4 is 38.1 Å². The number of rotatable bonds is 8. The number of carbonyl (C=O) groups is 1. The van der Waals surface area contributed by atoms with Crippen molar-refractivity contribution < 1.29 is 14.4 Å². The van der Waals surface area contributed by atoms with Gasteiger partial charge in [-0.2, -0.15) is 0 Å². The predicted octanol–water partition coefficient (Wildman–Crippen LogP) is 8.20. The fourth-order valence-electron chi connectivity index (χ4n) is 5.24. The monoisotopic (exact) mass is 508 g/mol. The Kier molecular flexibility index (Phi) is 5.84. The molecule has 0 radical (unpaired) electrons. The Morgan fingerprint density at radius 1 is 1.00 bits per heavy atom. The third-order valence-electron chi connectivity index (χ3n) is 7.42. The van der Waals surface area contributed by atoms with E-state index in [1.165, 1.54) is 15.1 Å². The molecule has 6 rings (SSSR count). The third kappa shape index (κ3) is 4.31. The number of hydrogen-bond acceptors (Lipinski definition) is 5. The molecule has 3 aromatic carbocycles. The molecule has 0 aliphatic heterocycles. The number of aryl methyl sites for hydroxylation is 1. The van der Waals surface area contributed by atoms with E-state index in [2.05, 4.69) is 95.8 Å². The highest BCUT2D eigenvalue weighted by Gasteiger charge is 2.45. The van der Waals surface area contributed by atoms with Gasteiger partial charge in [0.25, 0.3) is 0 Å². The van der Waals surface area contributed by atoms with Crippen LogP contribution in [0.4, 0.5) is 10.7 Å². The zero-order valence-corrected chi connectivity index (χ0v) is 21.7. The Bertz CT molecular complexity index is 1540. The van der Waals surface area contributed by atoms with Crippen molar-refractivity contribution in [1.82, 2.24) is 5.16 Å².